The van der Waals surface area contributed by atoms with Crippen molar-refractivity contribution in [3.05, 3.63) is 71.5 Å². The van der Waals surface area contributed by atoms with Gasteiger partial charge in [-0.1, -0.05) is 106 Å². The number of hydrogen-bond acceptors (Lipinski definition) is 0. The van der Waals surface area contributed by atoms with Crippen LogP contribution in [0.4, 0.5) is 4.39 Å². The fraction of sp³-hybridized carbons (Fsp3) is 0.467. The Morgan fingerprint density at radius 2 is 1.55 bits per heavy atom. The van der Waals surface area contributed by atoms with Gasteiger partial charge >= 0.3 is 0 Å². The molecule has 31 heavy (non-hydrogen) atoms. The van der Waals surface area contributed by atoms with E-state index >= 15 is 4.39 Å². The topological polar surface area (TPSA) is 0 Å². The highest BCUT2D eigenvalue weighted by molar-refractivity contribution is 5.89. The molecule has 0 saturated heterocycles. The Balaban J connectivity index is 1.41. The Morgan fingerprint density at radius 1 is 0.806 bits per heavy atom. The minimum atomic E-state index is -0.0975. The van der Waals surface area contributed by atoms with Gasteiger partial charge in [0.15, 0.2) is 0 Å². The van der Waals surface area contributed by atoms with Crippen LogP contribution in [0.15, 0.2) is 54.6 Å². The first-order chi connectivity index (χ1) is 15.2. The highest BCUT2D eigenvalue weighted by Gasteiger charge is 2.22. The molecular formula is C30H37F. The van der Waals surface area contributed by atoms with E-state index in [4.69, 9.17) is 0 Å². The second-order valence-electron chi connectivity index (χ2n) is 9.69. The largest absolute Gasteiger partial charge is 0.206 e. The summed E-state index contributed by atoms with van der Waals surface area (Å²) in [6.45, 7) is 4.34. The van der Waals surface area contributed by atoms with Crippen LogP contribution >= 0.6 is 0 Å². The van der Waals surface area contributed by atoms with Gasteiger partial charge in [-0.15, -0.1) is 0 Å². The van der Waals surface area contributed by atoms with E-state index in [-0.39, 0.29) is 5.82 Å². The van der Waals surface area contributed by atoms with E-state index in [0.29, 0.717) is 11.5 Å². The summed E-state index contributed by atoms with van der Waals surface area (Å²) in [5, 5.41) is 1.77. The zero-order valence-corrected chi connectivity index (χ0v) is 19.3. The summed E-state index contributed by atoms with van der Waals surface area (Å²) < 4.78 is 15.3. The third-order valence-electron chi connectivity index (χ3n) is 7.37. The standard InChI is InChI=1S/C30H37F/c1-3-4-5-6-7-8-23-11-15-24(16-12-23)26-17-19-29-27(21-26)18-20-28(30(29)31)25-13-9-22(2)10-14-25/h9-10,13-14,17-21,23-24H,3-8,11-12,15-16H2,1-2H3/t23-,24-. The highest BCUT2D eigenvalue weighted by Crippen LogP contribution is 2.39. The molecule has 0 amide bonds. The van der Waals surface area contributed by atoms with Gasteiger partial charge in [0.25, 0.3) is 0 Å². The molecule has 1 aliphatic rings. The molecule has 0 unspecified atom stereocenters. The van der Waals surface area contributed by atoms with Gasteiger partial charge in [0, 0.05) is 10.9 Å². The predicted octanol–water partition coefficient (Wildman–Crippen LogP) is 9.59. The van der Waals surface area contributed by atoms with Crippen molar-refractivity contribution in [2.75, 3.05) is 0 Å². The maximum absolute atomic E-state index is 15.3. The lowest BCUT2D eigenvalue weighted by molar-refractivity contribution is 0.302. The van der Waals surface area contributed by atoms with Crippen molar-refractivity contribution in [1.82, 2.24) is 0 Å². The average molecular weight is 417 g/mol. The third kappa shape index (κ3) is 5.37. The van der Waals surface area contributed by atoms with Crippen molar-refractivity contribution < 1.29 is 4.39 Å². The Labute approximate surface area is 187 Å². The molecule has 0 aliphatic heterocycles. The molecule has 1 saturated carbocycles. The molecule has 0 spiro atoms. The van der Waals surface area contributed by atoms with Gasteiger partial charge in [0.05, 0.1) is 0 Å². The van der Waals surface area contributed by atoms with Gasteiger partial charge < -0.3 is 0 Å². The molecule has 1 heteroatoms. The molecule has 0 nitrogen and oxygen atoms in total. The Bertz CT molecular complexity index is 977. The average Bonchev–Trinajstić information content (AvgIpc) is 2.80. The molecule has 0 N–H and O–H groups in total. The van der Waals surface area contributed by atoms with Crippen LogP contribution in [0.1, 0.15) is 88.2 Å². The van der Waals surface area contributed by atoms with Gasteiger partial charge in [-0.3, -0.25) is 0 Å². The fourth-order valence-corrected chi connectivity index (χ4v) is 5.34. The first-order valence-corrected chi connectivity index (χ1v) is 12.4. The van der Waals surface area contributed by atoms with Crippen LogP contribution in [0, 0.1) is 18.7 Å². The van der Waals surface area contributed by atoms with Crippen LogP contribution < -0.4 is 0 Å². The van der Waals surface area contributed by atoms with Gasteiger partial charge in [0.2, 0.25) is 0 Å². The summed E-state index contributed by atoms with van der Waals surface area (Å²) in [4.78, 5) is 0. The number of aryl methyl sites for hydroxylation is 1. The van der Waals surface area contributed by atoms with E-state index in [9.17, 15) is 0 Å². The molecule has 0 atom stereocenters. The summed E-state index contributed by atoms with van der Waals surface area (Å²) in [6, 6.07) is 18.6. The second kappa shape index (κ2) is 10.4. The van der Waals surface area contributed by atoms with E-state index in [0.717, 1.165) is 22.3 Å². The van der Waals surface area contributed by atoms with Crippen molar-refractivity contribution in [2.45, 2.75) is 84.0 Å². The Hall–Kier alpha value is -2.15. The molecule has 0 bridgehead atoms. The minimum Gasteiger partial charge on any atom is -0.206 e. The number of rotatable bonds is 8. The molecule has 164 valence electrons. The Kier molecular flexibility index (Phi) is 7.43. The zero-order valence-electron chi connectivity index (χ0n) is 19.3. The molecular weight excluding hydrogens is 379 g/mol. The zero-order chi connectivity index (χ0) is 21.6. The quantitative estimate of drug-likeness (QED) is 0.321. The van der Waals surface area contributed by atoms with Crippen LogP contribution in [-0.2, 0) is 0 Å². The SMILES string of the molecule is CCCCCCC[C@H]1CC[C@H](c2ccc3c(F)c(-c4ccc(C)cc4)ccc3c2)CC1. The van der Waals surface area contributed by atoms with E-state index < -0.39 is 0 Å². The van der Waals surface area contributed by atoms with Crippen LogP contribution in [0.3, 0.4) is 0 Å². The van der Waals surface area contributed by atoms with Gasteiger partial charge in [-0.05, 0) is 61.0 Å². The maximum Gasteiger partial charge on any atom is 0.138 e. The fourth-order valence-electron chi connectivity index (χ4n) is 5.34. The summed E-state index contributed by atoms with van der Waals surface area (Å²) in [5.74, 6) is 1.47. The first-order valence-electron chi connectivity index (χ1n) is 12.4. The van der Waals surface area contributed by atoms with Crippen molar-refractivity contribution in [3.63, 3.8) is 0 Å². The summed E-state index contributed by atoms with van der Waals surface area (Å²) in [5.41, 5.74) is 4.24. The monoisotopic (exact) mass is 416 g/mol. The van der Waals surface area contributed by atoms with Crippen LogP contribution in [-0.4, -0.2) is 0 Å². The van der Waals surface area contributed by atoms with Gasteiger partial charge in [-0.2, -0.15) is 0 Å². The number of benzene rings is 3. The summed E-state index contributed by atoms with van der Waals surface area (Å²) in [6.07, 6.45) is 13.7. The number of fused-ring (bicyclic) bond motifs is 1. The van der Waals surface area contributed by atoms with E-state index in [1.165, 1.54) is 75.3 Å². The lowest BCUT2D eigenvalue weighted by atomic mass is 9.76. The van der Waals surface area contributed by atoms with Crippen LogP contribution in [0.25, 0.3) is 21.9 Å². The second-order valence-corrected chi connectivity index (χ2v) is 9.69. The molecule has 0 heterocycles. The van der Waals surface area contributed by atoms with E-state index in [1.807, 2.05) is 36.4 Å². The molecule has 4 rings (SSSR count). The number of unbranched alkanes of at least 4 members (excludes halogenated alkanes) is 4. The summed E-state index contributed by atoms with van der Waals surface area (Å²) >= 11 is 0. The molecule has 0 radical (unpaired) electrons. The summed E-state index contributed by atoms with van der Waals surface area (Å²) in [7, 11) is 0. The van der Waals surface area contributed by atoms with Crippen LogP contribution in [0.2, 0.25) is 0 Å². The lowest BCUT2D eigenvalue weighted by Gasteiger charge is -2.29. The molecule has 1 aliphatic carbocycles. The smallest absolute Gasteiger partial charge is 0.138 e. The first kappa shape index (κ1) is 22.1. The normalized spacial score (nSPS) is 19.1. The minimum absolute atomic E-state index is 0.0975. The number of halogens is 1. The molecule has 3 aromatic carbocycles. The lowest BCUT2D eigenvalue weighted by Crippen LogP contribution is -2.13. The van der Waals surface area contributed by atoms with Crippen molar-refractivity contribution in [3.8, 4) is 11.1 Å². The predicted molar refractivity (Wildman–Crippen MR) is 132 cm³/mol. The van der Waals surface area contributed by atoms with Crippen LogP contribution in [0.5, 0.6) is 0 Å². The maximum atomic E-state index is 15.3. The van der Waals surface area contributed by atoms with Crippen molar-refractivity contribution in [2.24, 2.45) is 5.92 Å². The molecule has 1 fully saturated rings. The molecule has 0 aromatic heterocycles. The van der Waals surface area contributed by atoms with E-state index in [1.54, 1.807) is 0 Å². The third-order valence-corrected chi connectivity index (χ3v) is 7.37. The molecule has 3 aromatic rings. The highest BCUT2D eigenvalue weighted by atomic mass is 19.1. The number of hydrogen-bond donors (Lipinski definition) is 0. The van der Waals surface area contributed by atoms with Gasteiger partial charge in [0.1, 0.15) is 5.82 Å². The van der Waals surface area contributed by atoms with Crippen molar-refractivity contribution in [1.29, 1.82) is 0 Å². The van der Waals surface area contributed by atoms with Crippen molar-refractivity contribution >= 4 is 10.8 Å². The Morgan fingerprint density at radius 3 is 2.29 bits per heavy atom. The van der Waals surface area contributed by atoms with E-state index in [2.05, 4.69) is 32.0 Å². The van der Waals surface area contributed by atoms with Gasteiger partial charge in [-0.25, -0.2) is 4.39 Å².